The summed E-state index contributed by atoms with van der Waals surface area (Å²) in [7, 11) is 3.58. The number of carbonyl (C=O) groups excluding carboxylic acids is 4. The number of amides is 4. The molecule has 23 heteroatoms. The molecule has 3 aliphatic rings. The molecule has 420 valence electrons. The van der Waals surface area contributed by atoms with Gasteiger partial charge in [0.25, 0.3) is 17.5 Å². The highest BCUT2D eigenvalue weighted by molar-refractivity contribution is 8.77. The van der Waals surface area contributed by atoms with Gasteiger partial charge in [0.1, 0.15) is 23.4 Å². The number of unbranched alkanes of at least 4 members (excludes halogenated alkanes) is 2. The Labute approximate surface area is 460 Å². The predicted octanol–water partition coefficient (Wildman–Crippen LogP) is 11.1. The van der Waals surface area contributed by atoms with Gasteiger partial charge in [-0.3, -0.25) is 30.3 Å². The van der Waals surface area contributed by atoms with Crippen LogP contribution in [0.5, 0.6) is 23.0 Å². The van der Waals surface area contributed by atoms with Crippen LogP contribution < -0.4 is 29.6 Å². The number of aromatic nitrogens is 1. The largest absolute Gasteiger partial charge is 0.493 e. The molecule has 1 aromatic heterocycles. The number of likely N-dealkylation sites (tertiary alicyclic amines) is 2. The number of nitro groups is 1. The molecule has 20 nitrogen and oxygen atoms in total. The standard InChI is InChI=1S/C54H74N6O14S2Si/c1-34-22-37(31-61)58(29-34)48(62)40-25-44(69-10)46(27-42(40)57-51(65)74-52(3,4)5)71-21-15-13-14-20-70-45-26-41(56-50(64)72-33-54(18-19-54)76-75-47-17-16-36(28-55-47)60(66)67)39(24-43(45)68-9)49(63)59-30-35(2)23-38(59)32-73-77(11,12)53(6,7)8/h16-17,24-28,37-38,61H,1-2,13-15,18-23,29-33H2,3-12H3,(H,56,64)(H,57,65)/t37-,38-/m0/s1. The van der Waals surface area contributed by atoms with Gasteiger partial charge in [0.2, 0.25) is 0 Å². The predicted molar refractivity (Wildman–Crippen MR) is 299 cm³/mol. The maximum atomic E-state index is 14.7. The molecule has 0 bridgehead atoms. The van der Waals surface area contributed by atoms with E-state index in [1.54, 1.807) is 43.9 Å². The SMILES string of the molecule is C=C1C[C@@H](CO[Si](C)(C)C(C)(C)C)N(C(=O)c2cc(OC)c(OCCCCCOc3cc(NC(=O)OC(C)(C)C)c(C(=O)N4CC(=C)C[C@H]4CO)cc3OC)cc2NC(=O)OCC2(SSc3ccc([N+](=O)[O-])cn3)CC2)C1. The number of ether oxygens (including phenoxy) is 6. The fourth-order valence-electron chi connectivity index (χ4n) is 8.15. The van der Waals surface area contributed by atoms with E-state index in [4.69, 9.17) is 32.8 Å². The lowest BCUT2D eigenvalue weighted by Gasteiger charge is -2.38. The first-order chi connectivity index (χ1) is 36.3. The van der Waals surface area contributed by atoms with Gasteiger partial charge in [-0.15, -0.1) is 0 Å². The van der Waals surface area contributed by atoms with Crippen LogP contribution in [0, 0.1) is 10.1 Å². The molecule has 77 heavy (non-hydrogen) atoms. The minimum Gasteiger partial charge on any atom is -0.493 e. The molecule has 2 aliphatic heterocycles. The second kappa shape index (κ2) is 25.6. The lowest BCUT2D eigenvalue weighted by molar-refractivity contribution is -0.385. The molecular formula is C54H74N6O14S2Si. The van der Waals surface area contributed by atoms with Crippen LogP contribution in [0.3, 0.4) is 0 Å². The van der Waals surface area contributed by atoms with E-state index in [2.05, 4.69) is 62.6 Å². The van der Waals surface area contributed by atoms with E-state index in [-0.39, 0.29) is 106 Å². The van der Waals surface area contributed by atoms with Crippen molar-refractivity contribution < 1.29 is 62.1 Å². The lowest BCUT2D eigenvalue weighted by Crippen LogP contribution is -2.46. The van der Waals surface area contributed by atoms with Crippen LogP contribution in [0.4, 0.5) is 26.7 Å². The number of benzene rings is 2. The molecule has 1 saturated carbocycles. The highest BCUT2D eigenvalue weighted by Gasteiger charge is 2.46. The van der Waals surface area contributed by atoms with Gasteiger partial charge in [-0.1, -0.05) is 55.9 Å². The highest BCUT2D eigenvalue weighted by atomic mass is 33.1. The summed E-state index contributed by atoms with van der Waals surface area (Å²) in [6.45, 7) is 25.4. The van der Waals surface area contributed by atoms with E-state index >= 15 is 0 Å². The summed E-state index contributed by atoms with van der Waals surface area (Å²) in [4.78, 5) is 73.3. The van der Waals surface area contributed by atoms with Gasteiger partial charge in [0, 0.05) is 31.3 Å². The molecule has 0 radical (unpaired) electrons. The number of nitrogens with one attached hydrogen (secondary N) is 2. The Hall–Kier alpha value is -6.01. The van der Waals surface area contributed by atoms with Crippen molar-refractivity contribution in [1.82, 2.24) is 14.8 Å². The van der Waals surface area contributed by atoms with Crippen molar-refractivity contribution in [3.05, 3.63) is 88.1 Å². The smallest absolute Gasteiger partial charge is 0.412 e. The van der Waals surface area contributed by atoms with Crippen molar-refractivity contribution in [3.63, 3.8) is 0 Å². The average molecular weight is 1120 g/mol. The van der Waals surface area contributed by atoms with E-state index in [0.717, 1.165) is 24.0 Å². The van der Waals surface area contributed by atoms with Crippen molar-refractivity contribution in [3.8, 4) is 23.0 Å². The van der Waals surface area contributed by atoms with Crippen molar-refractivity contribution >= 4 is 71.0 Å². The number of nitrogens with zero attached hydrogens (tertiary/aromatic N) is 4. The van der Waals surface area contributed by atoms with Crippen LogP contribution in [-0.4, -0.2) is 140 Å². The Morgan fingerprint density at radius 2 is 1.35 bits per heavy atom. The molecule has 0 unspecified atom stereocenters. The number of carbonyl (C=O) groups is 4. The third kappa shape index (κ3) is 16.3. The maximum Gasteiger partial charge on any atom is 0.412 e. The van der Waals surface area contributed by atoms with Gasteiger partial charge in [0.05, 0.1) is 84.9 Å². The van der Waals surface area contributed by atoms with E-state index in [1.165, 1.54) is 65.1 Å². The highest BCUT2D eigenvalue weighted by Crippen LogP contribution is 2.55. The number of hydrogen-bond acceptors (Lipinski definition) is 17. The zero-order valence-electron chi connectivity index (χ0n) is 45.9. The van der Waals surface area contributed by atoms with Gasteiger partial charge >= 0.3 is 12.2 Å². The fraction of sp³-hybridized carbons (Fsp3) is 0.537. The normalized spacial score (nSPS) is 17.2. The Morgan fingerprint density at radius 3 is 1.82 bits per heavy atom. The number of aliphatic hydroxyl groups excluding tert-OH is 1. The summed E-state index contributed by atoms with van der Waals surface area (Å²) in [6, 6.07) is 8.37. The molecule has 6 rings (SSSR count). The molecule has 0 spiro atoms. The van der Waals surface area contributed by atoms with E-state index in [1.807, 2.05) is 0 Å². The van der Waals surface area contributed by atoms with Gasteiger partial charge in [0.15, 0.2) is 31.3 Å². The third-order valence-electron chi connectivity index (χ3n) is 13.6. The summed E-state index contributed by atoms with van der Waals surface area (Å²) in [5.74, 6) is 0.326. The van der Waals surface area contributed by atoms with Crippen LogP contribution in [0.25, 0.3) is 0 Å². The maximum absolute atomic E-state index is 14.7. The summed E-state index contributed by atoms with van der Waals surface area (Å²) in [5, 5.41) is 27.2. The first-order valence-corrected chi connectivity index (χ1v) is 30.6. The summed E-state index contributed by atoms with van der Waals surface area (Å²) >= 11 is 0. The van der Waals surface area contributed by atoms with Crippen LogP contribution in [0.2, 0.25) is 18.1 Å². The fourth-order valence-corrected chi connectivity index (χ4v) is 11.8. The summed E-state index contributed by atoms with van der Waals surface area (Å²) < 4.78 is 41.4. The van der Waals surface area contributed by atoms with Crippen LogP contribution in [0.1, 0.15) is 107 Å². The number of pyridine rings is 1. The van der Waals surface area contributed by atoms with Crippen LogP contribution in [-0.2, 0) is 13.9 Å². The third-order valence-corrected chi connectivity index (χ3v) is 21.3. The zero-order chi connectivity index (χ0) is 56.5. The Bertz CT molecular complexity index is 2670. The van der Waals surface area contributed by atoms with E-state index in [9.17, 15) is 34.4 Å². The number of hydrogen-bond donors (Lipinski definition) is 3. The van der Waals surface area contributed by atoms with Crippen molar-refractivity contribution in [2.75, 3.05) is 71.0 Å². The molecule has 3 N–H and O–H groups in total. The minimum absolute atomic E-state index is 0.0420. The first-order valence-electron chi connectivity index (χ1n) is 25.6. The molecule has 2 aromatic carbocycles. The molecule has 2 saturated heterocycles. The van der Waals surface area contributed by atoms with E-state index < -0.39 is 43.0 Å². The molecule has 1 aliphatic carbocycles. The molecular weight excluding hydrogens is 1050 g/mol. The Balaban J connectivity index is 1.13. The van der Waals surface area contributed by atoms with E-state index in [0.29, 0.717) is 50.3 Å². The summed E-state index contributed by atoms with van der Waals surface area (Å²) in [6.07, 6.45) is 4.03. The summed E-state index contributed by atoms with van der Waals surface area (Å²) in [5.41, 5.74) is 1.37. The second-order valence-corrected chi connectivity index (χ2v) is 29.4. The molecule has 3 aromatic rings. The molecule has 3 heterocycles. The molecule has 2 atom stereocenters. The minimum atomic E-state index is -2.17. The second-order valence-electron chi connectivity index (χ2n) is 22.0. The number of anilines is 2. The Morgan fingerprint density at radius 1 is 0.818 bits per heavy atom. The van der Waals surface area contributed by atoms with Gasteiger partial charge in [-0.2, -0.15) is 0 Å². The van der Waals surface area contributed by atoms with Gasteiger partial charge in [-0.05, 0) is 113 Å². The van der Waals surface area contributed by atoms with Crippen LogP contribution >= 0.6 is 21.6 Å². The monoisotopic (exact) mass is 1120 g/mol. The van der Waals surface area contributed by atoms with Gasteiger partial charge in [-0.25, -0.2) is 14.6 Å². The number of methoxy groups -OCH3 is 2. The van der Waals surface area contributed by atoms with Crippen molar-refractivity contribution in [2.45, 2.75) is 132 Å². The lowest BCUT2D eigenvalue weighted by atomic mass is 10.1. The molecule has 4 amide bonds. The average Bonchev–Trinajstić information content (AvgIpc) is 3.90. The van der Waals surface area contributed by atoms with Crippen molar-refractivity contribution in [2.24, 2.45) is 0 Å². The Kier molecular flexibility index (Phi) is 20.0. The van der Waals surface area contributed by atoms with Crippen LogP contribution in [0.15, 0.2) is 71.9 Å². The van der Waals surface area contributed by atoms with Gasteiger partial charge < -0.3 is 47.8 Å². The van der Waals surface area contributed by atoms with Crippen molar-refractivity contribution in [1.29, 1.82) is 0 Å². The zero-order valence-corrected chi connectivity index (χ0v) is 48.5. The number of aliphatic hydroxyl groups is 1. The number of rotatable bonds is 24. The quantitative estimate of drug-likeness (QED) is 0.0189. The first kappa shape index (κ1) is 60.2. The topological polar surface area (TPSA) is 240 Å². The molecule has 3 fully saturated rings.